The maximum Gasteiger partial charge on any atom is 0.307 e. The lowest BCUT2D eigenvalue weighted by molar-refractivity contribution is -0.138. The first-order valence-electron chi connectivity index (χ1n) is 7.66. The molecule has 1 rings (SSSR count). The van der Waals surface area contributed by atoms with Crippen molar-refractivity contribution in [2.75, 3.05) is 0 Å². The van der Waals surface area contributed by atoms with E-state index in [1.807, 2.05) is 30.3 Å². The first kappa shape index (κ1) is 16.5. The number of benzene rings is 1. The zero-order chi connectivity index (χ0) is 14.6. The lowest BCUT2D eigenvalue weighted by Gasteiger charge is -2.17. The standard InChI is InChI=1S/C17H26O3/c1-2-3-4-5-6-8-13-16(14-17(18)19)20-15-11-9-7-10-12-15/h7,9-12,16H,2-6,8,13-14H2,1H3,(H,18,19). The van der Waals surface area contributed by atoms with Crippen molar-refractivity contribution in [2.24, 2.45) is 0 Å². The van der Waals surface area contributed by atoms with Crippen molar-refractivity contribution in [3.63, 3.8) is 0 Å². The highest BCUT2D eigenvalue weighted by Gasteiger charge is 2.14. The van der Waals surface area contributed by atoms with Crippen LogP contribution in [0, 0.1) is 0 Å². The first-order chi connectivity index (χ1) is 9.72. The Balaban J connectivity index is 2.31. The zero-order valence-corrected chi connectivity index (χ0v) is 12.4. The van der Waals surface area contributed by atoms with E-state index in [9.17, 15) is 4.79 Å². The van der Waals surface area contributed by atoms with E-state index in [2.05, 4.69) is 6.92 Å². The van der Waals surface area contributed by atoms with Gasteiger partial charge in [-0.1, -0.05) is 57.2 Å². The Bertz CT molecular complexity index is 362. The van der Waals surface area contributed by atoms with E-state index < -0.39 is 5.97 Å². The number of carbonyl (C=O) groups is 1. The van der Waals surface area contributed by atoms with Crippen molar-refractivity contribution in [3.05, 3.63) is 30.3 Å². The Kier molecular flexibility index (Phi) is 8.52. The molecule has 3 nitrogen and oxygen atoms in total. The van der Waals surface area contributed by atoms with Gasteiger partial charge in [0.15, 0.2) is 0 Å². The van der Waals surface area contributed by atoms with E-state index in [0.717, 1.165) is 25.0 Å². The minimum absolute atomic E-state index is 0.0733. The fraction of sp³-hybridized carbons (Fsp3) is 0.588. The summed E-state index contributed by atoms with van der Waals surface area (Å²) in [6, 6.07) is 9.47. The summed E-state index contributed by atoms with van der Waals surface area (Å²) < 4.78 is 5.77. The minimum atomic E-state index is -0.795. The number of carboxylic acid groups (broad SMARTS) is 1. The van der Waals surface area contributed by atoms with Crippen molar-refractivity contribution < 1.29 is 14.6 Å². The topological polar surface area (TPSA) is 46.5 Å². The van der Waals surface area contributed by atoms with Gasteiger partial charge in [-0.3, -0.25) is 4.79 Å². The van der Waals surface area contributed by atoms with Gasteiger partial charge in [-0.25, -0.2) is 0 Å². The third kappa shape index (κ3) is 7.82. The second-order valence-corrected chi connectivity index (χ2v) is 5.21. The summed E-state index contributed by atoms with van der Waals surface area (Å²) in [6.07, 6.45) is 7.91. The van der Waals surface area contributed by atoms with Gasteiger partial charge < -0.3 is 9.84 Å². The molecule has 0 fully saturated rings. The maximum atomic E-state index is 10.9. The highest BCUT2D eigenvalue weighted by atomic mass is 16.5. The summed E-state index contributed by atoms with van der Waals surface area (Å²) in [5, 5.41) is 8.95. The molecule has 0 bridgehead atoms. The van der Waals surface area contributed by atoms with Crippen molar-refractivity contribution in [3.8, 4) is 5.75 Å². The van der Waals surface area contributed by atoms with Crippen LogP contribution in [0.4, 0.5) is 0 Å². The predicted molar refractivity (Wildman–Crippen MR) is 81.1 cm³/mol. The number of hydrogen-bond acceptors (Lipinski definition) is 2. The second kappa shape index (κ2) is 10.3. The van der Waals surface area contributed by atoms with Gasteiger partial charge in [0.25, 0.3) is 0 Å². The lowest BCUT2D eigenvalue weighted by Crippen LogP contribution is -2.20. The SMILES string of the molecule is CCCCCCCCC(CC(=O)O)Oc1ccccc1. The van der Waals surface area contributed by atoms with E-state index in [4.69, 9.17) is 9.84 Å². The molecule has 0 aliphatic rings. The molecule has 0 amide bonds. The third-order valence-electron chi connectivity index (χ3n) is 3.33. The summed E-state index contributed by atoms with van der Waals surface area (Å²) in [7, 11) is 0. The Morgan fingerprint density at radius 1 is 1.10 bits per heavy atom. The average molecular weight is 278 g/mol. The predicted octanol–water partition coefficient (Wildman–Crippen LogP) is 4.66. The van der Waals surface area contributed by atoms with Crippen LogP contribution in [0.5, 0.6) is 5.75 Å². The summed E-state index contributed by atoms with van der Waals surface area (Å²) in [5.41, 5.74) is 0. The molecule has 1 N–H and O–H groups in total. The van der Waals surface area contributed by atoms with E-state index in [1.54, 1.807) is 0 Å². The summed E-state index contributed by atoms with van der Waals surface area (Å²) in [5.74, 6) is -0.0401. The fourth-order valence-corrected chi connectivity index (χ4v) is 2.24. The smallest absolute Gasteiger partial charge is 0.307 e. The summed E-state index contributed by atoms with van der Waals surface area (Å²) >= 11 is 0. The van der Waals surface area contributed by atoms with Crippen LogP contribution in [0.2, 0.25) is 0 Å². The zero-order valence-electron chi connectivity index (χ0n) is 12.4. The molecule has 0 saturated heterocycles. The highest BCUT2D eigenvalue weighted by Crippen LogP contribution is 2.17. The second-order valence-electron chi connectivity index (χ2n) is 5.21. The number of carboxylic acids is 1. The Labute approximate surface area is 122 Å². The van der Waals surface area contributed by atoms with Crippen LogP contribution >= 0.6 is 0 Å². The van der Waals surface area contributed by atoms with Crippen molar-refractivity contribution >= 4 is 5.97 Å². The Morgan fingerprint density at radius 2 is 1.75 bits per heavy atom. The number of unbranched alkanes of at least 4 members (excludes halogenated alkanes) is 5. The largest absolute Gasteiger partial charge is 0.490 e. The van der Waals surface area contributed by atoms with E-state index in [-0.39, 0.29) is 12.5 Å². The molecule has 0 aromatic heterocycles. The number of para-hydroxylation sites is 1. The van der Waals surface area contributed by atoms with Gasteiger partial charge in [0.1, 0.15) is 11.9 Å². The van der Waals surface area contributed by atoms with Crippen molar-refractivity contribution in [1.29, 1.82) is 0 Å². The maximum absolute atomic E-state index is 10.9. The van der Waals surface area contributed by atoms with Gasteiger partial charge in [0, 0.05) is 0 Å². The number of aliphatic carboxylic acids is 1. The number of rotatable bonds is 11. The van der Waals surface area contributed by atoms with Crippen LogP contribution in [-0.4, -0.2) is 17.2 Å². The van der Waals surface area contributed by atoms with Gasteiger partial charge in [-0.15, -0.1) is 0 Å². The van der Waals surface area contributed by atoms with Crippen LogP contribution in [0.15, 0.2) is 30.3 Å². The van der Waals surface area contributed by atoms with Gasteiger partial charge in [-0.2, -0.15) is 0 Å². The van der Waals surface area contributed by atoms with Crippen molar-refractivity contribution in [1.82, 2.24) is 0 Å². The average Bonchev–Trinajstić information content (AvgIpc) is 2.43. The Hall–Kier alpha value is -1.51. The normalized spacial score (nSPS) is 12.1. The molecule has 20 heavy (non-hydrogen) atoms. The molecule has 0 aliphatic heterocycles. The molecular formula is C17H26O3. The van der Waals surface area contributed by atoms with Crippen LogP contribution in [-0.2, 0) is 4.79 Å². The van der Waals surface area contributed by atoms with Crippen LogP contribution in [0.25, 0.3) is 0 Å². The molecule has 0 radical (unpaired) electrons. The molecule has 112 valence electrons. The quantitative estimate of drug-likeness (QED) is 0.599. The van der Waals surface area contributed by atoms with Crippen LogP contribution in [0.1, 0.15) is 58.3 Å². The van der Waals surface area contributed by atoms with Gasteiger partial charge in [0.2, 0.25) is 0 Å². The molecular weight excluding hydrogens is 252 g/mol. The van der Waals surface area contributed by atoms with Gasteiger partial charge >= 0.3 is 5.97 Å². The van der Waals surface area contributed by atoms with E-state index in [1.165, 1.54) is 25.7 Å². The molecule has 1 aromatic carbocycles. The lowest BCUT2D eigenvalue weighted by atomic mass is 10.1. The molecule has 1 aromatic rings. The molecule has 0 aliphatic carbocycles. The van der Waals surface area contributed by atoms with E-state index in [0.29, 0.717) is 0 Å². The van der Waals surface area contributed by atoms with Crippen LogP contribution in [0.3, 0.4) is 0 Å². The molecule has 3 heteroatoms. The highest BCUT2D eigenvalue weighted by molar-refractivity contribution is 5.67. The molecule has 1 atom stereocenters. The fourth-order valence-electron chi connectivity index (χ4n) is 2.24. The minimum Gasteiger partial charge on any atom is -0.490 e. The number of ether oxygens (including phenoxy) is 1. The van der Waals surface area contributed by atoms with Crippen molar-refractivity contribution in [2.45, 2.75) is 64.4 Å². The number of hydrogen-bond donors (Lipinski definition) is 1. The molecule has 0 saturated carbocycles. The molecule has 0 spiro atoms. The monoisotopic (exact) mass is 278 g/mol. The summed E-state index contributed by atoms with van der Waals surface area (Å²) in [4.78, 5) is 10.9. The van der Waals surface area contributed by atoms with E-state index >= 15 is 0 Å². The van der Waals surface area contributed by atoms with Crippen LogP contribution < -0.4 is 4.74 Å². The first-order valence-corrected chi connectivity index (χ1v) is 7.66. The van der Waals surface area contributed by atoms with Gasteiger partial charge in [0.05, 0.1) is 6.42 Å². The molecule has 1 unspecified atom stereocenters. The van der Waals surface area contributed by atoms with Gasteiger partial charge in [-0.05, 0) is 25.0 Å². The third-order valence-corrected chi connectivity index (χ3v) is 3.33. The summed E-state index contributed by atoms with van der Waals surface area (Å²) in [6.45, 7) is 2.20. The Morgan fingerprint density at radius 3 is 2.40 bits per heavy atom. The molecule has 0 heterocycles.